The molecule has 1 aliphatic heterocycles. The molecule has 0 radical (unpaired) electrons. The Morgan fingerprint density at radius 1 is 1.50 bits per heavy atom. The number of nitrogens with one attached hydrogen (secondary N) is 1. The van der Waals surface area contributed by atoms with Crippen molar-refractivity contribution in [2.24, 2.45) is 0 Å². The minimum absolute atomic E-state index is 0.530. The van der Waals surface area contributed by atoms with Crippen molar-refractivity contribution in [3.05, 3.63) is 24.0 Å². The Morgan fingerprint density at radius 3 is 3.11 bits per heavy atom. The maximum atomic E-state index is 5.64. The summed E-state index contributed by atoms with van der Waals surface area (Å²) >= 11 is 0. The van der Waals surface area contributed by atoms with E-state index in [0.29, 0.717) is 12.1 Å². The van der Waals surface area contributed by atoms with Gasteiger partial charge in [0.05, 0.1) is 6.10 Å². The van der Waals surface area contributed by atoms with E-state index in [0.717, 1.165) is 19.7 Å². The first-order chi connectivity index (χ1) is 8.74. The van der Waals surface area contributed by atoms with Crippen LogP contribution in [-0.4, -0.2) is 23.3 Å². The largest absolute Gasteiger partial charge is 0.378 e. The highest BCUT2D eigenvalue weighted by molar-refractivity contribution is 5.09. The zero-order valence-electron chi connectivity index (χ0n) is 11.7. The maximum absolute atomic E-state index is 5.64. The molecular formula is C15H26N2O. The first kappa shape index (κ1) is 13.6. The fourth-order valence-electron chi connectivity index (χ4n) is 2.43. The van der Waals surface area contributed by atoms with Crippen molar-refractivity contribution >= 4 is 0 Å². The lowest BCUT2D eigenvalue weighted by Crippen LogP contribution is -2.21. The summed E-state index contributed by atoms with van der Waals surface area (Å²) in [4.78, 5) is 0. The van der Waals surface area contributed by atoms with E-state index in [4.69, 9.17) is 4.74 Å². The van der Waals surface area contributed by atoms with Crippen LogP contribution in [0.3, 0.4) is 0 Å². The van der Waals surface area contributed by atoms with Gasteiger partial charge in [-0.15, -0.1) is 0 Å². The standard InChI is InChI=1S/C15H26N2O/c1-13(2)16-11-14-7-9-17(12-14)8-3-5-15-6-4-10-18-15/h7,9,12-13,15-16H,3-6,8,10-11H2,1-2H3. The fourth-order valence-corrected chi connectivity index (χ4v) is 2.43. The molecule has 1 aromatic rings. The van der Waals surface area contributed by atoms with Gasteiger partial charge in [-0.25, -0.2) is 0 Å². The Hall–Kier alpha value is -0.800. The van der Waals surface area contributed by atoms with Gasteiger partial charge in [-0.1, -0.05) is 13.8 Å². The number of rotatable bonds is 7. The molecule has 0 amide bonds. The van der Waals surface area contributed by atoms with Crippen LogP contribution in [0.5, 0.6) is 0 Å². The van der Waals surface area contributed by atoms with Gasteiger partial charge in [0.25, 0.3) is 0 Å². The molecule has 0 spiro atoms. The third-order valence-electron chi connectivity index (χ3n) is 3.49. The zero-order valence-corrected chi connectivity index (χ0v) is 11.7. The van der Waals surface area contributed by atoms with Gasteiger partial charge in [-0.3, -0.25) is 0 Å². The van der Waals surface area contributed by atoms with Crippen LogP contribution < -0.4 is 5.32 Å². The first-order valence-corrected chi connectivity index (χ1v) is 7.23. The van der Waals surface area contributed by atoms with Crippen molar-refractivity contribution in [3.63, 3.8) is 0 Å². The van der Waals surface area contributed by atoms with Crippen LogP contribution in [0, 0.1) is 0 Å². The second kappa shape index (κ2) is 6.95. The number of hydrogen-bond acceptors (Lipinski definition) is 2. The molecule has 0 bridgehead atoms. The Balaban J connectivity index is 1.66. The minimum atomic E-state index is 0.530. The molecule has 0 saturated carbocycles. The van der Waals surface area contributed by atoms with E-state index in [1.54, 1.807) is 0 Å². The summed E-state index contributed by atoms with van der Waals surface area (Å²) in [6.45, 7) is 7.41. The van der Waals surface area contributed by atoms with Crippen molar-refractivity contribution in [1.82, 2.24) is 9.88 Å². The second-order valence-corrected chi connectivity index (χ2v) is 5.57. The monoisotopic (exact) mass is 250 g/mol. The number of aryl methyl sites for hydroxylation is 1. The van der Waals surface area contributed by atoms with Gasteiger partial charge in [0.1, 0.15) is 0 Å². The van der Waals surface area contributed by atoms with Crippen LogP contribution in [0.25, 0.3) is 0 Å². The average molecular weight is 250 g/mol. The molecule has 1 unspecified atom stereocenters. The molecule has 102 valence electrons. The second-order valence-electron chi connectivity index (χ2n) is 5.57. The normalized spacial score (nSPS) is 19.8. The van der Waals surface area contributed by atoms with Crippen molar-refractivity contribution < 1.29 is 4.74 Å². The third kappa shape index (κ3) is 4.46. The zero-order chi connectivity index (χ0) is 12.8. The molecule has 0 aromatic carbocycles. The molecule has 1 saturated heterocycles. The predicted octanol–water partition coefficient (Wildman–Crippen LogP) is 2.95. The quantitative estimate of drug-likeness (QED) is 0.805. The lowest BCUT2D eigenvalue weighted by atomic mass is 10.1. The van der Waals surface area contributed by atoms with E-state index in [-0.39, 0.29) is 0 Å². The number of nitrogens with zero attached hydrogens (tertiary/aromatic N) is 1. The molecule has 1 fully saturated rings. The smallest absolute Gasteiger partial charge is 0.0576 e. The Labute approximate surface area is 111 Å². The van der Waals surface area contributed by atoms with Crippen molar-refractivity contribution in [1.29, 1.82) is 0 Å². The summed E-state index contributed by atoms with van der Waals surface area (Å²) in [5, 5.41) is 3.44. The van der Waals surface area contributed by atoms with E-state index in [2.05, 4.69) is 42.2 Å². The molecule has 1 atom stereocenters. The van der Waals surface area contributed by atoms with Crippen LogP contribution >= 0.6 is 0 Å². The van der Waals surface area contributed by atoms with Crippen molar-refractivity contribution in [2.45, 2.75) is 64.8 Å². The highest BCUT2D eigenvalue weighted by Gasteiger charge is 2.14. The van der Waals surface area contributed by atoms with Crippen molar-refractivity contribution in [2.75, 3.05) is 6.61 Å². The van der Waals surface area contributed by atoms with Gasteiger partial charge in [0.2, 0.25) is 0 Å². The first-order valence-electron chi connectivity index (χ1n) is 7.23. The third-order valence-corrected chi connectivity index (χ3v) is 3.49. The lowest BCUT2D eigenvalue weighted by molar-refractivity contribution is 0.101. The number of aromatic nitrogens is 1. The fraction of sp³-hybridized carbons (Fsp3) is 0.733. The van der Waals surface area contributed by atoms with Crippen LogP contribution in [0.15, 0.2) is 18.5 Å². The molecule has 3 nitrogen and oxygen atoms in total. The molecular weight excluding hydrogens is 224 g/mol. The summed E-state index contributed by atoms with van der Waals surface area (Å²) in [6.07, 6.45) is 9.91. The molecule has 1 aliphatic rings. The summed E-state index contributed by atoms with van der Waals surface area (Å²) in [6, 6.07) is 2.76. The summed E-state index contributed by atoms with van der Waals surface area (Å²) in [5.74, 6) is 0. The van der Waals surface area contributed by atoms with Crippen molar-refractivity contribution in [3.8, 4) is 0 Å². The molecule has 1 N–H and O–H groups in total. The topological polar surface area (TPSA) is 26.2 Å². The highest BCUT2D eigenvalue weighted by atomic mass is 16.5. The summed E-state index contributed by atoms with van der Waals surface area (Å²) in [5.41, 5.74) is 1.38. The molecule has 1 aromatic heterocycles. The van der Waals surface area contributed by atoms with E-state index >= 15 is 0 Å². The number of ether oxygens (including phenoxy) is 1. The highest BCUT2D eigenvalue weighted by Crippen LogP contribution is 2.17. The molecule has 18 heavy (non-hydrogen) atoms. The Kier molecular flexibility index (Phi) is 5.26. The van der Waals surface area contributed by atoms with E-state index in [1.807, 2.05) is 0 Å². The van der Waals surface area contributed by atoms with E-state index in [9.17, 15) is 0 Å². The SMILES string of the molecule is CC(C)NCc1ccn(CCCC2CCCO2)c1. The molecule has 2 rings (SSSR count). The Bertz CT molecular complexity index is 340. The van der Waals surface area contributed by atoms with E-state index < -0.39 is 0 Å². The molecule has 2 heterocycles. The van der Waals surface area contributed by atoms with Crippen LogP contribution in [-0.2, 0) is 17.8 Å². The summed E-state index contributed by atoms with van der Waals surface area (Å²) < 4.78 is 7.94. The van der Waals surface area contributed by atoms with E-state index in [1.165, 1.54) is 31.2 Å². The van der Waals surface area contributed by atoms with Crippen LogP contribution in [0.2, 0.25) is 0 Å². The van der Waals surface area contributed by atoms with Crippen LogP contribution in [0.4, 0.5) is 0 Å². The molecule has 0 aliphatic carbocycles. The van der Waals surface area contributed by atoms with Gasteiger partial charge in [0, 0.05) is 38.1 Å². The summed E-state index contributed by atoms with van der Waals surface area (Å²) in [7, 11) is 0. The lowest BCUT2D eigenvalue weighted by Gasteiger charge is -2.09. The minimum Gasteiger partial charge on any atom is -0.378 e. The van der Waals surface area contributed by atoms with Gasteiger partial charge in [0.15, 0.2) is 0 Å². The van der Waals surface area contributed by atoms with Gasteiger partial charge in [-0.05, 0) is 37.3 Å². The van der Waals surface area contributed by atoms with Gasteiger partial charge < -0.3 is 14.6 Å². The average Bonchev–Trinajstić information content (AvgIpc) is 2.97. The maximum Gasteiger partial charge on any atom is 0.0576 e. The predicted molar refractivity (Wildman–Crippen MR) is 74.6 cm³/mol. The van der Waals surface area contributed by atoms with Crippen LogP contribution in [0.1, 0.15) is 45.1 Å². The Morgan fingerprint density at radius 2 is 2.39 bits per heavy atom. The van der Waals surface area contributed by atoms with Gasteiger partial charge >= 0.3 is 0 Å². The number of hydrogen-bond donors (Lipinski definition) is 1. The van der Waals surface area contributed by atoms with Gasteiger partial charge in [-0.2, -0.15) is 0 Å². The molecule has 3 heteroatoms.